The molecule has 1 aromatic carbocycles. The average molecular weight is 393 g/mol. The van der Waals surface area contributed by atoms with Crippen LogP contribution in [0.3, 0.4) is 0 Å². The van der Waals surface area contributed by atoms with Crippen molar-refractivity contribution in [3.05, 3.63) is 30.1 Å². The summed E-state index contributed by atoms with van der Waals surface area (Å²) in [7, 11) is -1.58. The summed E-state index contributed by atoms with van der Waals surface area (Å²) in [5, 5.41) is 4.49. The van der Waals surface area contributed by atoms with Gasteiger partial charge in [0.25, 0.3) is 11.8 Å². The highest BCUT2D eigenvalue weighted by molar-refractivity contribution is 7.91. The lowest BCUT2D eigenvalue weighted by molar-refractivity contribution is -0.862. The summed E-state index contributed by atoms with van der Waals surface area (Å²) in [5.74, 6) is -1.54. The molecule has 1 heterocycles. The van der Waals surface area contributed by atoms with Gasteiger partial charge in [-0.15, -0.1) is 11.6 Å². The fraction of sp³-hybridized carbons (Fsp3) is 0.467. The van der Waals surface area contributed by atoms with Gasteiger partial charge in [-0.1, -0.05) is 6.07 Å². The minimum Gasteiger partial charge on any atom is -0.346 e. The van der Waals surface area contributed by atoms with Gasteiger partial charge >= 0.3 is 0 Å². The predicted octanol–water partition coefficient (Wildman–Crippen LogP) is -1.20. The van der Waals surface area contributed by atoms with E-state index in [-0.39, 0.29) is 36.4 Å². The van der Waals surface area contributed by atoms with Crippen molar-refractivity contribution < 1.29 is 27.3 Å². The summed E-state index contributed by atoms with van der Waals surface area (Å²) in [4.78, 5) is 24.5. The molecule has 0 spiro atoms. The van der Waals surface area contributed by atoms with Crippen LogP contribution in [0.25, 0.3) is 0 Å². The molecule has 2 amide bonds. The van der Waals surface area contributed by atoms with E-state index in [2.05, 4.69) is 10.6 Å². The molecule has 138 valence electrons. The Hall–Kier alpha value is -1.71. The molecule has 1 aliphatic rings. The van der Waals surface area contributed by atoms with E-state index in [0.29, 0.717) is 10.6 Å². The molecule has 1 unspecified atom stereocenters. The molecule has 3 N–H and O–H groups in total. The first kappa shape index (κ1) is 19.6. The number of anilines is 1. The van der Waals surface area contributed by atoms with Crippen molar-refractivity contribution in [1.82, 2.24) is 5.32 Å². The number of halogens is 2. The van der Waals surface area contributed by atoms with Crippen molar-refractivity contribution >= 4 is 38.9 Å². The highest BCUT2D eigenvalue weighted by Crippen LogP contribution is 2.17. The van der Waals surface area contributed by atoms with Crippen LogP contribution in [-0.2, 0) is 19.4 Å². The summed E-state index contributed by atoms with van der Waals surface area (Å²) in [5.41, 5.74) is 0.336. The van der Waals surface area contributed by atoms with E-state index < -0.39 is 27.1 Å². The van der Waals surface area contributed by atoms with Gasteiger partial charge in [0.1, 0.15) is 5.82 Å². The average Bonchev–Trinajstić information content (AvgIpc) is 2.70. The zero-order chi connectivity index (χ0) is 18.6. The first-order valence-corrected chi connectivity index (χ1v) is 9.91. The van der Waals surface area contributed by atoms with E-state index >= 15 is 0 Å². The second-order valence-corrected chi connectivity index (χ2v) is 8.85. The van der Waals surface area contributed by atoms with Crippen molar-refractivity contribution in [3.63, 3.8) is 0 Å². The van der Waals surface area contributed by atoms with Gasteiger partial charge in [-0.3, -0.25) is 9.59 Å². The Bertz CT molecular complexity index is 759. The summed E-state index contributed by atoms with van der Waals surface area (Å²) in [6, 6.07) is 4.89. The smallest absolute Gasteiger partial charge is 0.279 e. The molecule has 7 nitrogen and oxygen atoms in total. The number of likely N-dealkylation sites (N-methyl/N-ethyl adjacent to an activating group) is 1. The molecule has 3 atom stereocenters. The van der Waals surface area contributed by atoms with Crippen LogP contribution in [-0.4, -0.2) is 63.3 Å². The summed E-state index contributed by atoms with van der Waals surface area (Å²) >= 11 is 5.94. The zero-order valence-corrected chi connectivity index (χ0v) is 15.2. The van der Waals surface area contributed by atoms with Gasteiger partial charge in [-0.2, -0.15) is 0 Å². The number of nitrogens with one attached hydrogen (secondary N) is 3. The van der Waals surface area contributed by atoms with E-state index in [4.69, 9.17) is 11.6 Å². The number of benzene rings is 1. The van der Waals surface area contributed by atoms with Crippen LogP contribution in [0.2, 0.25) is 0 Å². The third-order valence-electron chi connectivity index (χ3n) is 3.66. The maximum Gasteiger partial charge on any atom is 0.279 e. The first-order valence-electron chi connectivity index (χ1n) is 7.65. The maximum atomic E-state index is 13.1. The maximum absolute atomic E-state index is 13.1. The Kier molecular flexibility index (Phi) is 6.36. The number of quaternary nitrogens is 1. The van der Waals surface area contributed by atoms with E-state index in [1.807, 2.05) is 0 Å². The summed E-state index contributed by atoms with van der Waals surface area (Å²) in [6.07, 6.45) is 0. The highest BCUT2D eigenvalue weighted by Gasteiger charge is 2.37. The number of alkyl halides is 1. The lowest BCUT2D eigenvalue weighted by atomic mass is 10.2. The Labute approximate surface area is 150 Å². The normalized spacial score (nSPS) is 23.0. The number of carbonyl (C=O) groups is 2. The monoisotopic (exact) mass is 392 g/mol. The Morgan fingerprint density at radius 2 is 1.96 bits per heavy atom. The number of carbonyl (C=O) groups excluding carboxylic acids is 2. The van der Waals surface area contributed by atoms with Crippen LogP contribution in [0.5, 0.6) is 0 Å². The standard InChI is InChI=1S/C15H19ClFN3O4S/c1-20(6-14(21)18-11-4-2-3-10(17)5-11)7-15(22)19-13-9-25(23,24)8-12(13)16/h2-5,12-13H,6-9H2,1H3,(H,18,21)(H,19,22)/p+1/t12-,13-/m0/s1. The van der Waals surface area contributed by atoms with Crippen molar-refractivity contribution in [3.8, 4) is 0 Å². The molecule has 0 bridgehead atoms. The molecular weight excluding hydrogens is 373 g/mol. The second-order valence-electron chi connectivity index (χ2n) is 6.14. The number of sulfone groups is 1. The minimum absolute atomic E-state index is 0.00278. The lowest BCUT2D eigenvalue weighted by Gasteiger charge is -2.17. The number of rotatable bonds is 6. The SMILES string of the molecule is C[NH+](CC(=O)Nc1cccc(F)c1)CC(=O)N[C@H]1CS(=O)(=O)C[C@@H]1Cl. The molecule has 1 aliphatic heterocycles. The van der Waals surface area contributed by atoms with E-state index in [1.165, 1.54) is 18.2 Å². The van der Waals surface area contributed by atoms with Crippen molar-refractivity contribution in [2.24, 2.45) is 0 Å². The van der Waals surface area contributed by atoms with Crippen LogP contribution in [0.4, 0.5) is 10.1 Å². The quantitative estimate of drug-likeness (QED) is 0.530. The van der Waals surface area contributed by atoms with Gasteiger partial charge in [0.2, 0.25) is 0 Å². The molecule has 1 fully saturated rings. The largest absolute Gasteiger partial charge is 0.346 e. The van der Waals surface area contributed by atoms with Crippen molar-refractivity contribution in [2.75, 3.05) is 37.0 Å². The molecule has 0 aliphatic carbocycles. The van der Waals surface area contributed by atoms with E-state index in [0.717, 1.165) is 0 Å². The van der Waals surface area contributed by atoms with Crippen LogP contribution in [0.15, 0.2) is 24.3 Å². The van der Waals surface area contributed by atoms with Crippen molar-refractivity contribution in [2.45, 2.75) is 11.4 Å². The third-order valence-corrected chi connectivity index (χ3v) is 6.04. The molecule has 10 heteroatoms. The van der Waals surface area contributed by atoms with Crippen LogP contribution in [0.1, 0.15) is 0 Å². The molecule has 25 heavy (non-hydrogen) atoms. The molecule has 0 aromatic heterocycles. The predicted molar refractivity (Wildman–Crippen MR) is 91.9 cm³/mol. The number of hydrogen-bond donors (Lipinski definition) is 3. The molecule has 1 saturated heterocycles. The highest BCUT2D eigenvalue weighted by atomic mass is 35.5. The fourth-order valence-electron chi connectivity index (χ4n) is 2.58. The Balaban J connectivity index is 1.78. The van der Waals surface area contributed by atoms with Gasteiger partial charge in [0.05, 0.1) is 30.0 Å². The first-order chi connectivity index (χ1) is 11.6. The van der Waals surface area contributed by atoms with Gasteiger partial charge in [-0.25, -0.2) is 12.8 Å². The van der Waals surface area contributed by atoms with Crippen LogP contribution < -0.4 is 15.5 Å². The van der Waals surface area contributed by atoms with Gasteiger partial charge in [-0.05, 0) is 18.2 Å². The minimum atomic E-state index is -3.22. The van der Waals surface area contributed by atoms with Crippen molar-refractivity contribution in [1.29, 1.82) is 0 Å². The fourth-order valence-corrected chi connectivity index (χ4v) is 5.13. The van der Waals surface area contributed by atoms with E-state index in [9.17, 15) is 22.4 Å². The molecule has 0 radical (unpaired) electrons. The van der Waals surface area contributed by atoms with Crippen LogP contribution >= 0.6 is 11.6 Å². The van der Waals surface area contributed by atoms with E-state index in [1.54, 1.807) is 13.1 Å². The van der Waals surface area contributed by atoms with Gasteiger partial charge < -0.3 is 15.5 Å². The third kappa shape index (κ3) is 6.26. The van der Waals surface area contributed by atoms with Gasteiger partial charge in [0, 0.05) is 5.69 Å². The molecule has 0 saturated carbocycles. The molecular formula is C15H20ClFN3O4S+. The summed E-state index contributed by atoms with van der Waals surface area (Å²) < 4.78 is 36.0. The molecule has 2 rings (SSSR count). The Morgan fingerprint density at radius 3 is 2.56 bits per heavy atom. The second kappa shape index (κ2) is 8.11. The molecule has 1 aromatic rings. The summed E-state index contributed by atoms with van der Waals surface area (Å²) in [6.45, 7) is -0.0199. The van der Waals surface area contributed by atoms with Crippen LogP contribution in [0, 0.1) is 5.82 Å². The zero-order valence-electron chi connectivity index (χ0n) is 13.6. The lowest BCUT2D eigenvalue weighted by Crippen LogP contribution is -3.11. The number of hydrogen-bond acceptors (Lipinski definition) is 4. The Morgan fingerprint density at radius 1 is 1.28 bits per heavy atom. The van der Waals surface area contributed by atoms with Gasteiger partial charge in [0.15, 0.2) is 22.9 Å². The number of amides is 2. The topological polar surface area (TPSA) is 96.8 Å².